The molecule has 0 unspecified atom stereocenters. The SMILES string of the molecule is C[C@@H](Nc1nn(C)c(=O)c2cnc(-c3cnn(C)c3)cc12)c1cccc(C(F)F)c1F. The lowest BCUT2D eigenvalue weighted by Crippen LogP contribution is -2.22. The Hall–Kier alpha value is -3.69. The van der Waals surface area contributed by atoms with Crippen molar-refractivity contribution in [1.29, 1.82) is 0 Å². The first-order valence-electron chi connectivity index (χ1n) is 9.45. The molecule has 1 aromatic carbocycles. The molecule has 0 fully saturated rings. The van der Waals surface area contributed by atoms with Crippen molar-refractivity contribution >= 4 is 16.6 Å². The molecule has 0 saturated carbocycles. The summed E-state index contributed by atoms with van der Waals surface area (Å²) in [5.74, 6) is -0.664. The number of nitrogens with one attached hydrogen (secondary N) is 1. The van der Waals surface area contributed by atoms with Gasteiger partial charge in [0.25, 0.3) is 12.0 Å². The second-order valence-corrected chi connectivity index (χ2v) is 7.21. The number of anilines is 1. The van der Waals surface area contributed by atoms with E-state index in [9.17, 15) is 18.0 Å². The van der Waals surface area contributed by atoms with E-state index < -0.39 is 23.8 Å². The van der Waals surface area contributed by atoms with E-state index in [0.29, 0.717) is 22.3 Å². The number of aromatic nitrogens is 5. The summed E-state index contributed by atoms with van der Waals surface area (Å²) in [6.45, 7) is 1.63. The van der Waals surface area contributed by atoms with E-state index >= 15 is 0 Å². The highest BCUT2D eigenvalue weighted by Crippen LogP contribution is 2.30. The summed E-state index contributed by atoms with van der Waals surface area (Å²) in [6.07, 6.45) is 1.96. The number of halogens is 3. The Bertz CT molecular complexity index is 1330. The molecule has 0 bridgehead atoms. The van der Waals surface area contributed by atoms with Gasteiger partial charge in [0, 0.05) is 43.0 Å². The van der Waals surface area contributed by atoms with Gasteiger partial charge in [0.2, 0.25) is 0 Å². The zero-order valence-corrected chi connectivity index (χ0v) is 17.0. The number of rotatable bonds is 5. The lowest BCUT2D eigenvalue weighted by Gasteiger charge is -2.19. The number of fused-ring (bicyclic) bond motifs is 1. The standard InChI is InChI=1S/C21H19F3N6O/c1-11(13-5-4-6-14(18(13)22)19(23)24)27-20-15-7-17(12-8-26-29(2)10-12)25-9-16(15)21(31)30(3)28-20/h4-11,19H,1-3H3,(H,27,28)/t11-/m1/s1. The van der Waals surface area contributed by atoms with E-state index in [2.05, 4.69) is 20.5 Å². The van der Waals surface area contributed by atoms with Crippen molar-refractivity contribution in [2.24, 2.45) is 14.1 Å². The van der Waals surface area contributed by atoms with Crippen LogP contribution in [0.15, 0.2) is 47.7 Å². The van der Waals surface area contributed by atoms with Gasteiger partial charge in [0.15, 0.2) is 5.82 Å². The predicted molar refractivity (Wildman–Crippen MR) is 110 cm³/mol. The second kappa shape index (κ2) is 7.86. The fourth-order valence-corrected chi connectivity index (χ4v) is 3.42. The molecule has 10 heteroatoms. The highest BCUT2D eigenvalue weighted by Gasteiger charge is 2.21. The van der Waals surface area contributed by atoms with Gasteiger partial charge in [-0.25, -0.2) is 17.9 Å². The molecule has 1 atom stereocenters. The van der Waals surface area contributed by atoms with E-state index in [1.165, 1.54) is 25.4 Å². The Balaban J connectivity index is 1.80. The number of aryl methyl sites for hydroxylation is 2. The maximum absolute atomic E-state index is 14.6. The number of pyridine rings is 1. The minimum atomic E-state index is -2.92. The van der Waals surface area contributed by atoms with Crippen LogP contribution in [0.25, 0.3) is 22.0 Å². The van der Waals surface area contributed by atoms with Crippen LogP contribution in [0.4, 0.5) is 19.0 Å². The smallest absolute Gasteiger partial charge is 0.276 e. The maximum Gasteiger partial charge on any atom is 0.276 e. The molecule has 4 aromatic rings. The van der Waals surface area contributed by atoms with Gasteiger partial charge in [0.05, 0.1) is 28.9 Å². The molecule has 7 nitrogen and oxygen atoms in total. The highest BCUT2D eigenvalue weighted by atomic mass is 19.3. The molecule has 4 rings (SSSR count). The Morgan fingerprint density at radius 1 is 1.10 bits per heavy atom. The molecule has 0 spiro atoms. The van der Waals surface area contributed by atoms with Crippen molar-refractivity contribution < 1.29 is 13.2 Å². The summed E-state index contributed by atoms with van der Waals surface area (Å²) < 4.78 is 43.6. The Morgan fingerprint density at radius 3 is 2.52 bits per heavy atom. The van der Waals surface area contributed by atoms with Gasteiger partial charge in [-0.05, 0) is 13.0 Å². The Labute approximate surface area is 175 Å². The van der Waals surface area contributed by atoms with Crippen LogP contribution in [0.5, 0.6) is 0 Å². The summed E-state index contributed by atoms with van der Waals surface area (Å²) in [5.41, 5.74) is 0.400. The van der Waals surface area contributed by atoms with Gasteiger partial charge in [-0.1, -0.05) is 18.2 Å². The number of alkyl halides is 2. The molecular weight excluding hydrogens is 409 g/mol. The van der Waals surface area contributed by atoms with Crippen LogP contribution in [-0.4, -0.2) is 24.5 Å². The third-order valence-electron chi connectivity index (χ3n) is 5.05. The number of nitrogens with zero attached hydrogens (tertiary/aromatic N) is 5. The molecule has 3 aromatic heterocycles. The van der Waals surface area contributed by atoms with Crippen molar-refractivity contribution in [1.82, 2.24) is 24.5 Å². The third kappa shape index (κ3) is 3.76. The molecule has 0 aliphatic rings. The van der Waals surface area contributed by atoms with Gasteiger partial charge in [0.1, 0.15) is 5.82 Å². The molecule has 31 heavy (non-hydrogen) atoms. The normalized spacial score (nSPS) is 12.5. The molecule has 1 N–H and O–H groups in total. The lowest BCUT2D eigenvalue weighted by atomic mass is 10.0. The molecule has 0 aliphatic heterocycles. The number of benzene rings is 1. The maximum atomic E-state index is 14.6. The summed E-state index contributed by atoms with van der Waals surface area (Å²) in [5, 5.41) is 12.2. The van der Waals surface area contributed by atoms with E-state index in [1.54, 1.807) is 37.1 Å². The van der Waals surface area contributed by atoms with Gasteiger partial charge in [-0.3, -0.25) is 14.5 Å². The van der Waals surface area contributed by atoms with Crippen LogP contribution in [0.2, 0.25) is 0 Å². The molecule has 0 saturated heterocycles. The van der Waals surface area contributed by atoms with Crippen molar-refractivity contribution in [3.8, 4) is 11.3 Å². The lowest BCUT2D eigenvalue weighted by molar-refractivity contribution is 0.146. The van der Waals surface area contributed by atoms with Crippen molar-refractivity contribution in [2.45, 2.75) is 19.4 Å². The summed E-state index contributed by atoms with van der Waals surface area (Å²) in [4.78, 5) is 16.9. The zero-order valence-electron chi connectivity index (χ0n) is 17.0. The van der Waals surface area contributed by atoms with Crippen LogP contribution >= 0.6 is 0 Å². The van der Waals surface area contributed by atoms with Crippen LogP contribution < -0.4 is 10.9 Å². The third-order valence-corrected chi connectivity index (χ3v) is 5.05. The first kappa shape index (κ1) is 20.6. The zero-order chi connectivity index (χ0) is 22.3. The topological polar surface area (TPSA) is 77.6 Å². The van der Waals surface area contributed by atoms with Crippen molar-refractivity contribution in [3.05, 3.63) is 70.2 Å². The molecule has 0 amide bonds. The largest absolute Gasteiger partial charge is 0.361 e. The highest BCUT2D eigenvalue weighted by molar-refractivity contribution is 5.93. The van der Waals surface area contributed by atoms with E-state index in [0.717, 1.165) is 16.3 Å². The van der Waals surface area contributed by atoms with Gasteiger partial charge >= 0.3 is 0 Å². The van der Waals surface area contributed by atoms with Crippen LogP contribution in [0.3, 0.4) is 0 Å². The Kier molecular flexibility index (Phi) is 5.22. The first-order valence-corrected chi connectivity index (χ1v) is 9.45. The predicted octanol–water partition coefficient (Wildman–Crippen LogP) is 3.98. The van der Waals surface area contributed by atoms with Crippen molar-refractivity contribution in [2.75, 3.05) is 5.32 Å². The average molecular weight is 428 g/mol. The first-order chi connectivity index (χ1) is 14.8. The summed E-state index contributed by atoms with van der Waals surface area (Å²) in [6, 6.07) is 4.88. The van der Waals surface area contributed by atoms with Crippen LogP contribution in [-0.2, 0) is 14.1 Å². The summed E-state index contributed by atoms with van der Waals surface area (Å²) in [7, 11) is 3.27. The average Bonchev–Trinajstić information content (AvgIpc) is 3.17. The van der Waals surface area contributed by atoms with E-state index in [4.69, 9.17) is 0 Å². The molecule has 0 aliphatic carbocycles. The molecule has 3 heterocycles. The quantitative estimate of drug-likeness (QED) is 0.520. The number of hydrogen-bond acceptors (Lipinski definition) is 5. The Morgan fingerprint density at radius 2 is 1.84 bits per heavy atom. The van der Waals surface area contributed by atoms with Crippen LogP contribution in [0.1, 0.15) is 30.5 Å². The molecule has 0 radical (unpaired) electrons. The summed E-state index contributed by atoms with van der Waals surface area (Å²) >= 11 is 0. The van der Waals surface area contributed by atoms with Gasteiger partial charge < -0.3 is 5.32 Å². The van der Waals surface area contributed by atoms with Gasteiger partial charge in [-0.2, -0.15) is 10.2 Å². The molecule has 160 valence electrons. The number of hydrogen-bond donors (Lipinski definition) is 1. The fraction of sp³-hybridized carbons (Fsp3) is 0.238. The van der Waals surface area contributed by atoms with E-state index in [1.807, 2.05) is 0 Å². The second-order valence-electron chi connectivity index (χ2n) is 7.21. The minimum absolute atomic E-state index is 0.0724. The van der Waals surface area contributed by atoms with Crippen LogP contribution in [0, 0.1) is 5.82 Å². The molecular formula is C21H19F3N6O. The van der Waals surface area contributed by atoms with Gasteiger partial charge in [-0.15, -0.1) is 0 Å². The fourth-order valence-electron chi connectivity index (χ4n) is 3.42. The van der Waals surface area contributed by atoms with E-state index in [-0.39, 0.29) is 11.1 Å². The minimum Gasteiger partial charge on any atom is -0.361 e. The van der Waals surface area contributed by atoms with Crippen molar-refractivity contribution in [3.63, 3.8) is 0 Å². The monoisotopic (exact) mass is 428 g/mol.